The molecule has 3 aromatic rings. The normalized spacial score (nSPS) is 24.8. The van der Waals surface area contributed by atoms with Gasteiger partial charge in [0.15, 0.2) is 6.61 Å². The second kappa shape index (κ2) is 10.3. The highest BCUT2D eigenvalue weighted by Gasteiger charge is 2.64. The van der Waals surface area contributed by atoms with Crippen LogP contribution in [0.3, 0.4) is 0 Å². The van der Waals surface area contributed by atoms with Crippen molar-refractivity contribution in [2.24, 2.45) is 23.7 Å². The van der Waals surface area contributed by atoms with Gasteiger partial charge in [-0.25, -0.2) is 4.79 Å². The van der Waals surface area contributed by atoms with Gasteiger partial charge in [-0.2, -0.15) is 0 Å². The number of imide groups is 1. The second-order valence-corrected chi connectivity index (χ2v) is 11.9. The molecule has 0 unspecified atom stereocenters. The number of rotatable bonds is 6. The number of esters is 1. The first-order valence-electron chi connectivity index (χ1n) is 13.5. The number of nitrogens with one attached hydrogen (secondary N) is 1. The van der Waals surface area contributed by atoms with Crippen LogP contribution in [0, 0.1) is 37.5 Å². The van der Waals surface area contributed by atoms with Crippen molar-refractivity contribution >= 4 is 51.0 Å². The number of fused-ring (bicyclic) bond motifs is 5. The lowest BCUT2D eigenvalue weighted by atomic mass is 9.73. The number of amides is 3. The Hall–Kier alpha value is -3.78. The lowest BCUT2D eigenvalue weighted by Gasteiger charge is -2.28. The van der Waals surface area contributed by atoms with Gasteiger partial charge in [-0.3, -0.25) is 19.3 Å². The summed E-state index contributed by atoms with van der Waals surface area (Å²) in [5, 5.41) is 2.77. The van der Waals surface area contributed by atoms with E-state index in [0.29, 0.717) is 17.3 Å². The third-order valence-corrected chi connectivity index (χ3v) is 9.57. The van der Waals surface area contributed by atoms with Crippen LogP contribution in [0.1, 0.15) is 45.8 Å². The minimum absolute atomic E-state index is 0.139. The molecule has 0 aromatic heterocycles. The zero-order valence-electron chi connectivity index (χ0n) is 22.2. The van der Waals surface area contributed by atoms with Crippen molar-refractivity contribution < 1.29 is 23.9 Å². The van der Waals surface area contributed by atoms with E-state index in [0.717, 1.165) is 28.4 Å². The van der Waals surface area contributed by atoms with Gasteiger partial charge in [-0.05, 0) is 97.5 Å². The van der Waals surface area contributed by atoms with Crippen LogP contribution in [0.25, 0.3) is 0 Å². The van der Waals surface area contributed by atoms with Gasteiger partial charge in [0.05, 0.1) is 23.1 Å². The minimum Gasteiger partial charge on any atom is -0.452 e. The van der Waals surface area contributed by atoms with Crippen molar-refractivity contribution in [1.29, 1.82) is 0 Å². The van der Waals surface area contributed by atoms with E-state index in [2.05, 4.69) is 33.4 Å². The van der Waals surface area contributed by atoms with Crippen molar-refractivity contribution in [3.63, 3.8) is 0 Å². The molecule has 1 saturated heterocycles. The quantitative estimate of drug-likeness (QED) is 0.285. The summed E-state index contributed by atoms with van der Waals surface area (Å²) in [7, 11) is 0. The Morgan fingerprint density at radius 3 is 2.35 bits per heavy atom. The molecule has 3 aliphatic rings. The molecule has 0 spiro atoms. The van der Waals surface area contributed by atoms with Gasteiger partial charge in [0.1, 0.15) is 0 Å². The van der Waals surface area contributed by atoms with Gasteiger partial charge in [0, 0.05) is 10.2 Å². The Morgan fingerprint density at radius 1 is 0.925 bits per heavy atom. The number of anilines is 2. The van der Waals surface area contributed by atoms with Crippen LogP contribution in [-0.2, 0) is 19.1 Å². The molecule has 1 heterocycles. The van der Waals surface area contributed by atoms with E-state index >= 15 is 0 Å². The number of benzene rings is 3. The molecular formula is C32H29BrN2O5. The largest absolute Gasteiger partial charge is 0.452 e. The van der Waals surface area contributed by atoms with E-state index in [9.17, 15) is 19.2 Å². The Balaban J connectivity index is 1.09. The molecule has 6 rings (SSSR count). The summed E-state index contributed by atoms with van der Waals surface area (Å²) in [6, 6.07) is 20.3. The van der Waals surface area contributed by atoms with Gasteiger partial charge >= 0.3 is 5.97 Å². The number of ether oxygens (including phenoxy) is 1. The van der Waals surface area contributed by atoms with Crippen molar-refractivity contribution in [2.75, 3.05) is 16.8 Å². The van der Waals surface area contributed by atoms with Gasteiger partial charge in [-0.15, -0.1) is 0 Å². The molecule has 204 valence electrons. The third-order valence-electron chi connectivity index (χ3n) is 8.72. The van der Waals surface area contributed by atoms with E-state index in [1.54, 1.807) is 12.1 Å². The molecule has 0 radical (unpaired) electrons. The van der Waals surface area contributed by atoms with E-state index < -0.39 is 18.5 Å². The lowest BCUT2D eigenvalue weighted by molar-refractivity contribution is -0.123. The first kappa shape index (κ1) is 26.4. The molecule has 1 N–H and O–H groups in total. The Kier molecular flexibility index (Phi) is 6.82. The summed E-state index contributed by atoms with van der Waals surface area (Å²) in [4.78, 5) is 53.2. The standard InChI is InChI=1S/C32H29BrN2O5/c1-17-13-26(18(2)12-25(17)33)34-27(36)16-40-32(39)20-8-10-22(11-9-20)35-30(37)28-21-14-23(19-6-4-3-5-7-19)24(15-21)29(28)31(35)38/h3-13,21,23-24,28-29H,14-16H2,1-2H3,(H,34,36)/t21-,23+,24+,28+,29-/m0/s1. The molecule has 3 amide bonds. The highest BCUT2D eigenvalue weighted by Crippen LogP contribution is 2.61. The van der Waals surface area contributed by atoms with Crippen LogP contribution in [0.5, 0.6) is 0 Å². The van der Waals surface area contributed by atoms with Crippen LogP contribution in [0.4, 0.5) is 11.4 Å². The molecule has 7 nitrogen and oxygen atoms in total. The summed E-state index contributed by atoms with van der Waals surface area (Å²) in [5.74, 6) is -1.26. The molecule has 2 aliphatic carbocycles. The molecule has 3 fully saturated rings. The molecule has 8 heteroatoms. The van der Waals surface area contributed by atoms with Gasteiger partial charge in [-0.1, -0.05) is 46.3 Å². The summed E-state index contributed by atoms with van der Waals surface area (Å²) >= 11 is 3.46. The first-order valence-corrected chi connectivity index (χ1v) is 14.3. The van der Waals surface area contributed by atoms with Crippen LogP contribution < -0.4 is 10.2 Å². The van der Waals surface area contributed by atoms with E-state index in [1.165, 1.54) is 22.6 Å². The zero-order chi connectivity index (χ0) is 28.1. The average molecular weight is 601 g/mol. The van der Waals surface area contributed by atoms with Crippen molar-refractivity contribution in [2.45, 2.75) is 32.6 Å². The summed E-state index contributed by atoms with van der Waals surface area (Å²) in [5.41, 5.74) is 4.43. The summed E-state index contributed by atoms with van der Waals surface area (Å²) in [6.45, 7) is 3.36. The summed E-state index contributed by atoms with van der Waals surface area (Å²) in [6.07, 6.45) is 1.85. The topological polar surface area (TPSA) is 92.8 Å². The number of carbonyl (C=O) groups excluding carboxylic acids is 4. The fraction of sp³-hybridized carbons (Fsp3) is 0.312. The molecule has 5 atom stereocenters. The van der Waals surface area contributed by atoms with Gasteiger partial charge in [0.25, 0.3) is 5.91 Å². The maximum atomic E-state index is 13.5. The van der Waals surface area contributed by atoms with E-state index in [1.807, 2.05) is 44.2 Å². The fourth-order valence-electron chi connectivity index (χ4n) is 6.86. The highest BCUT2D eigenvalue weighted by atomic mass is 79.9. The van der Waals surface area contributed by atoms with Crippen LogP contribution in [0.2, 0.25) is 0 Å². The van der Waals surface area contributed by atoms with Crippen molar-refractivity contribution in [3.8, 4) is 0 Å². The molecule has 40 heavy (non-hydrogen) atoms. The average Bonchev–Trinajstić information content (AvgIpc) is 3.62. The number of hydrogen-bond acceptors (Lipinski definition) is 5. The SMILES string of the molecule is Cc1cc(NC(=O)COC(=O)c2ccc(N3C(=O)[C@@H]4[C@@H]5C[C@@H]([C@@H]4C3=O)[C@@H](c3ccccc3)C5)cc2)c(C)cc1Br. The van der Waals surface area contributed by atoms with Gasteiger partial charge < -0.3 is 10.1 Å². The zero-order valence-corrected chi connectivity index (χ0v) is 23.8. The first-order chi connectivity index (χ1) is 19.2. The van der Waals surface area contributed by atoms with Crippen molar-refractivity contribution in [1.82, 2.24) is 0 Å². The maximum Gasteiger partial charge on any atom is 0.338 e. The lowest BCUT2D eigenvalue weighted by Crippen LogP contribution is -2.33. The predicted octanol–water partition coefficient (Wildman–Crippen LogP) is 5.79. The highest BCUT2D eigenvalue weighted by molar-refractivity contribution is 9.10. The van der Waals surface area contributed by atoms with Crippen LogP contribution >= 0.6 is 15.9 Å². The number of halogens is 1. The van der Waals surface area contributed by atoms with Crippen molar-refractivity contribution in [3.05, 3.63) is 93.5 Å². The number of carbonyl (C=O) groups is 4. The number of hydrogen-bond donors (Lipinski definition) is 1. The van der Waals surface area contributed by atoms with E-state index in [-0.39, 0.29) is 41.0 Å². The fourth-order valence-corrected chi connectivity index (χ4v) is 7.32. The third kappa shape index (κ3) is 4.54. The molecule has 2 bridgehead atoms. The van der Waals surface area contributed by atoms with E-state index in [4.69, 9.17) is 4.74 Å². The molecule has 2 saturated carbocycles. The second-order valence-electron chi connectivity index (χ2n) is 11.1. The van der Waals surface area contributed by atoms with Gasteiger partial charge in [0.2, 0.25) is 11.8 Å². The Bertz CT molecular complexity index is 1520. The maximum absolute atomic E-state index is 13.5. The Morgan fingerprint density at radius 2 is 1.62 bits per heavy atom. The number of nitrogens with zero attached hydrogens (tertiary/aromatic N) is 1. The summed E-state index contributed by atoms with van der Waals surface area (Å²) < 4.78 is 6.15. The monoisotopic (exact) mass is 600 g/mol. The Labute approximate surface area is 241 Å². The molecule has 1 aliphatic heterocycles. The van der Waals surface area contributed by atoms with Crippen LogP contribution in [0.15, 0.2) is 71.2 Å². The van der Waals surface area contributed by atoms with Crippen LogP contribution in [-0.4, -0.2) is 30.3 Å². The minimum atomic E-state index is -0.662. The molecular weight excluding hydrogens is 572 g/mol. The predicted molar refractivity (Wildman–Crippen MR) is 154 cm³/mol. The smallest absolute Gasteiger partial charge is 0.338 e. The molecule has 3 aromatic carbocycles. The number of aryl methyl sites for hydroxylation is 2.